The van der Waals surface area contributed by atoms with Crippen LogP contribution >= 0.6 is 11.6 Å². The average molecular weight is 298 g/mol. The molecule has 108 valence electrons. The predicted octanol–water partition coefficient (Wildman–Crippen LogP) is 2.04. The molecular weight excluding hydrogens is 282 g/mol. The molecular formula is C13H16ClN3O3. The van der Waals surface area contributed by atoms with Crippen LogP contribution in [-0.4, -0.2) is 32.5 Å². The lowest BCUT2D eigenvalue weighted by atomic mass is 9.90. The van der Waals surface area contributed by atoms with E-state index in [2.05, 4.69) is 15.3 Å². The largest absolute Gasteiger partial charge is 0.480 e. The minimum atomic E-state index is -1.21. The highest BCUT2D eigenvalue weighted by atomic mass is 35.5. The molecule has 1 fully saturated rings. The van der Waals surface area contributed by atoms with Crippen molar-refractivity contribution in [2.24, 2.45) is 0 Å². The number of carbonyl (C=O) groups is 2. The number of nitrogens with one attached hydrogen (secondary N) is 1. The summed E-state index contributed by atoms with van der Waals surface area (Å²) in [6.07, 6.45) is 7.00. The van der Waals surface area contributed by atoms with E-state index in [1.54, 1.807) is 0 Å². The minimum absolute atomic E-state index is 0.0300. The first-order valence-electron chi connectivity index (χ1n) is 6.57. The van der Waals surface area contributed by atoms with Gasteiger partial charge in [0.1, 0.15) is 16.4 Å². The summed E-state index contributed by atoms with van der Waals surface area (Å²) in [7, 11) is 0. The molecule has 0 aromatic carbocycles. The maximum Gasteiger partial charge on any atom is 0.329 e. The molecule has 0 spiro atoms. The molecule has 0 saturated heterocycles. The van der Waals surface area contributed by atoms with Gasteiger partial charge in [-0.15, -0.1) is 0 Å². The van der Waals surface area contributed by atoms with Gasteiger partial charge < -0.3 is 10.4 Å². The molecule has 1 aliphatic rings. The van der Waals surface area contributed by atoms with E-state index in [-0.39, 0.29) is 10.8 Å². The Morgan fingerprint density at radius 2 is 1.85 bits per heavy atom. The lowest BCUT2D eigenvalue weighted by molar-refractivity contribution is -0.145. The van der Waals surface area contributed by atoms with E-state index in [4.69, 9.17) is 11.6 Å². The maximum atomic E-state index is 12.2. The Balaban J connectivity index is 2.19. The zero-order chi connectivity index (χ0) is 14.6. The summed E-state index contributed by atoms with van der Waals surface area (Å²) in [5, 5.41) is 12.2. The van der Waals surface area contributed by atoms with Crippen molar-refractivity contribution in [3.8, 4) is 0 Å². The van der Waals surface area contributed by atoms with Crippen LogP contribution in [0, 0.1) is 0 Å². The second-order valence-corrected chi connectivity index (χ2v) is 5.37. The normalized spacial score (nSPS) is 18.1. The quantitative estimate of drug-likeness (QED) is 0.833. The van der Waals surface area contributed by atoms with Crippen molar-refractivity contribution in [1.82, 2.24) is 15.3 Å². The second kappa shape index (κ2) is 6.17. The van der Waals surface area contributed by atoms with Crippen LogP contribution in [0.4, 0.5) is 0 Å². The van der Waals surface area contributed by atoms with Crippen molar-refractivity contribution < 1.29 is 14.7 Å². The van der Waals surface area contributed by atoms with Gasteiger partial charge in [-0.05, 0) is 12.8 Å². The number of rotatable bonds is 3. The van der Waals surface area contributed by atoms with Crippen LogP contribution in [0.25, 0.3) is 0 Å². The van der Waals surface area contributed by atoms with Crippen LogP contribution in [0.5, 0.6) is 0 Å². The number of carbonyl (C=O) groups excluding carboxylic acids is 1. The smallest absolute Gasteiger partial charge is 0.329 e. The Morgan fingerprint density at radius 1 is 1.20 bits per heavy atom. The Morgan fingerprint density at radius 3 is 2.40 bits per heavy atom. The third-order valence-electron chi connectivity index (χ3n) is 3.56. The fourth-order valence-electron chi connectivity index (χ4n) is 2.46. The Bertz CT molecular complexity index is 513. The van der Waals surface area contributed by atoms with Crippen LogP contribution in [0.1, 0.15) is 49.0 Å². The van der Waals surface area contributed by atoms with Gasteiger partial charge in [0.25, 0.3) is 5.91 Å². The average Bonchev–Trinajstić information content (AvgIpc) is 2.65. The molecule has 1 aromatic rings. The molecule has 2 N–H and O–H groups in total. The minimum Gasteiger partial charge on any atom is -0.480 e. The molecule has 0 atom stereocenters. The SMILES string of the molecule is O=C(NC1(C(=O)O)CCCCCC1)c1cncc(Cl)n1. The fourth-order valence-corrected chi connectivity index (χ4v) is 2.60. The number of carboxylic acid groups (broad SMARTS) is 1. The molecule has 0 radical (unpaired) electrons. The van der Waals surface area contributed by atoms with E-state index in [9.17, 15) is 14.7 Å². The molecule has 1 amide bonds. The Hall–Kier alpha value is -1.69. The van der Waals surface area contributed by atoms with Crippen LogP contribution in [-0.2, 0) is 4.79 Å². The van der Waals surface area contributed by atoms with Gasteiger partial charge in [0.15, 0.2) is 0 Å². The zero-order valence-corrected chi connectivity index (χ0v) is 11.7. The van der Waals surface area contributed by atoms with E-state index >= 15 is 0 Å². The van der Waals surface area contributed by atoms with Crippen molar-refractivity contribution in [2.45, 2.75) is 44.1 Å². The first-order chi connectivity index (χ1) is 9.53. The first kappa shape index (κ1) is 14.7. The molecule has 0 bridgehead atoms. The summed E-state index contributed by atoms with van der Waals surface area (Å²) < 4.78 is 0. The molecule has 1 aromatic heterocycles. The summed E-state index contributed by atoms with van der Waals surface area (Å²) in [5.74, 6) is -1.55. The maximum absolute atomic E-state index is 12.2. The molecule has 1 heterocycles. The number of amides is 1. The van der Waals surface area contributed by atoms with Gasteiger partial charge >= 0.3 is 5.97 Å². The van der Waals surface area contributed by atoms with Crippen molar-refractivity contribution in [3.05, 3.63) is 23.2 Å². The molecule has 6 nitrogen and oxygen atoms in total. The summed E-state index contributed by atoms with van der Waals surface area (Å²) in [5.41, 5.74) is -1.18. The number of halogens is 1. The van der Waals surface area contributed by atoms with Gasteiger partial charge in [-0.3, -0.25) is 9.78 Å². The Labute approximate surface area is 121 Å². The van der Waals surface area contributed by atoms with Crippen molar-refractivity contribution in [3.63, 3.8) is 0 Å². The van der Waals surface area contributed by atoms with Crippen LogP contribution < -0.4 is 5.32 Å². The first-order valence-corrected chi connectivity index (χ1v) is 6.95. The molecule has 7 heteroatoms. The molecule has 0 aliphatic heterocycles. The highest BCUT2D eigenvalue weighted by Crippen LogP contribution is 2.27. The van der Waals surface area contributed by atoms with E-state index in [0.717, 1.165) is 25.7 Å². The van der Waals surface area contributed by atoms with E-state index in [1.165, 1.54) is 12.4 Å². The highest BCUT2D eigenvalue weighted by Gasteiger charge is 2.40. The van der Waals surface area contributed by atoms with E-state index in [0.29, 0.717) is 12.8 Å². The number of nitrogens with zero attached hydrogens (tertiary/aromatic N) is 2. The van der Waals surface area contributed by atoms with Crippen LogP contribution in [0.15, 0.2) is 12.4 Å². The van der Waals surface area contributed by atoms with Gasteiger partial charge in [-0.1, -0.05) is 37.3 Å². The third kappa shape index (κ3) is 3.25. The molecule has 2 rings (SSSR count). The van der Waals surface area contributed by atoms with Crippen molar-refractivity contribution >= 4 is 23.5 Å². The molecule has 0 unspecified atom stereocenters. The van der Waals surface area contributed by atoms with Gasteiger partial charge in [0, 0.05) is 0 Å². The monoisotopic (exact) mass is 297 g/mol. The molecule has 20 heavy (non-hydrogen) atoms. The van der Waals surface area contributed by atoms with Gasteiger partial charge in [-0.25, -0.2) is 9.78 Å². The number of hydrogen-bond acceptors (Lipinski definition) is 4. The van der Waals surface area contributed by atoms with Gasteiger partial charge in [-0.2, -0.15) is 0 Å². The highest BCUT2D eigenvalue weighted by molar-refractivity contribution is 6.29. The number of carboxylic acids is 1. The third-order valence-corrected chi connectivity index (χ3v) is 3.74. The summed E-state index contributed by atoms with van der Waals surface area (Å²) in [4.78, 5) is 31.4. The number of aromatic nitrogens is 2. The number of hydrogen-bond donors (Lipinski definition) is 2. The predicted molar refractivity (Wildman–Crippen MR) is 72.6 cm³/mol. The summed E-state index contributed by atoms with van der Waals surface area (Å²) in [6.45, 7) is 0. The Kier molecular flexibility index (Phi) is 4.54. The zero-order valence-electron chi connectivity index (χ0n) is 10.9. The lowest BCUT2D eigenvalue weighted by Gasteiger charge is -2.29. The molecule has 1 saturated carbocycles. The van der Waals surface area contributed by atoms with Gasteiger partial charge in [0.05, 0.1) is 12.4 Å². The van der Waals surface area contributed by atoms with E-state index in [1.807, 2.05) is 0 Å². The van der Waals surface area contributed by atoms with Crippen molar-refractivity contribution in [1.29, 1.82) is 0 Å². The standard InChI is InChI=1S/C13H16ClN3O3/c14-10-8-15-7-9(16-10)11(18)17-13(12(19)20)5-3-1-2-4-6-13/h7-8H,1-6H2,(H,17,18)(H,19,20). The van der Waals surface area contributed by atoms with Crippen LogP contribution in [0.2, 0.25) is 5.15 Å². The summed E-state index contributed by atoms with van der Waals surface area (Å²) >= 11 is 5.69. The topological polar surface area (TPSA) is 92.2 Å². The molecule has 1 aliphatic carbocycles. The second-order valence-electron chi connectivity index (χ2n) is 4.98. The van der Waals surface area contributed by atoms with Gasteiger partial charge in [0.2, 0.25) is 0 Å². The number of aliphatic carboxylic acids is 1. The van der Waals surface area contributed by atoms with Crippen LogP contribution in [0.3, 0.4) is 0 Å². The van der Waals surface area contributed by atoms with Crippen molar-refractivity contribution in [2.75, 3.05) is 0 Å². The van der Waals surface area contributed by atoms with E-state index < -0.39 is 17.4 Å². The summed E-state index contributed by atoms with van der Waals surface area (Å²) in [6, 6.07) is 0. The lowest BCUT2D eigenvalue weighted by Crippen LogP contribution is -2.54. The fraction of sp³-hybridized carbons (Fsp3) is 0.538.